The molecule has 1 heteroatoms. The van der Waals surface area contributed by atoms with E-state index in [0.29, 0.717) is 11.1 Å². The molecule has 36 heavy (non-hydrogen) atoms. The van der Waals surface area contributed by atoms with Crippen LogP contribution < -0.4 is 0 Å². The molecular formula is C35H73N. The topological polar surface area (TPSA) is 3.24 Å². The van der Waals surface area contributed by atoms with E-state index in [0.717, 1.165) is 0 Å². The van der Waals surface area contributed by atoms with Crippen molar-refractivity contribution in [3.05, 3.63) is 0 Å². The summed E-state index contributed by atoms with van der Waals surface area (Å²) in [6.07, 6.45) is 35.6. The van der Waals surface area contributed by atoms with Crippen molar-refractivity contribution in [2.24, 2.45) is 0 Å². The van der Waals surface area contributed by atoms with Gasteiger partial charge in [-0.2, -0.15) is 0 Å². The third-order valence-corrected chi connectivity index (χ3v) is 8.69. The van der Waals surface area contributed by atoms with Gasteiger partial charge < -0.3 is 0 Å². The van der Waals surface area contributed by atoms with Crippen molar-refractivity contribution >= 4 is 0 Å². The van der Waals surface area contributed by atoms with Crippen LogP contribution in [-0.2, 0) is 0 Å². The Hall–Kier alpha value is -0.0400. The largest absolute Gasteiger partial charge is 0.293 e. The second kappa shape index (κ2) is 24.0. The zero-order chi connectivity index (χ0) is 27.0. The van der Waals surface area contributed by atoms with Gasteiger partial charge in [0.25, 0.3) is 0 Å². The van der Waals surface area contributed by atoms with Crippen molar-refractivity contribution in [2.75, 3.05) is 6.54 Å². The molecule has 0 amide bonds. The third kappa shape index (κ3) is 20.0. The Morgan fingerprint density at radius 1 is 0.333 bits per heavy atom. The minimum Gasteiger partial charge on any atom is -0.293 e. The zero-order valence-corrected chi connectivity index (χ0v) is 26.8. The van der Waals surface area contributed by atoms with E-state index in [-0.39, 0.29) is 0 Å². The Balaban J connectivity index is 4.09. The van der Waals surface area contributed by atoms with E-state index in [1.54, 1.807) is 0 Å². The quantitative estimate of drug-likeness (QED) is 0.0951. The normalized spacial score (nSPS) is 12.7. The van der Waals surface area contributed by atoms with Crippen molar-refractivity contribution in [1.29, 1.82) is 0 Å². The van der Waals surface area contributed by atoms with Crippen LogP contribution in [0, 0.1) is 0 Å². The zero-order valence-electron chi connectivity index (χ0n) is 26.8. The lowest BCUT2D eigenvalue weighted by molar-refractivity contribution is 0.00311. The molecule has 0 rings (SSSR count). The van der Waals surface area contributed by atoms with Crippen LogP contribution in [0.4, 0.5) is 0 Å². The minimum atomic E-state index is 0.316. The molecule has 0 saturated carbocycles. The van der Waals surface area contributed by atoms with Gasteiger partial charge in [0.1, 0.15) is 0 Å². The molecule has 0 heterocycles. The lowest BCUT2D eigenvalue weighted by Crippen LogP contribution is -2.55. The molecule has 218 valence electrons. The van der Waals surface area contributed by atoms with E-state index in [2.05, 4.69) is 53.4 Å². The van der Waals surface area contributed by atoms with E-state index in [9.17, 15) is 0 Å². The molecule has 0 atom stereocenters. The molecule has 0 N–H and O–H groups in total. The molecule has 1 nitrogen and oxygen atoms in total. The van der Waals surface area contributed by atoms with Gasteiger partial charge in [-0.15, -0.1) is 0 Å². The summed E-state index contributed by atoms with van der Waals surface area (Å²) in [6, 6.07) is 0. The lowest BCUT2D eigenvalue weighted by Gasteiger charge is -2.49. The monoisotopic (exact) mass is 508 g/mol. The van der Waals surface area contributed by atoms with E-state index in [4.69, 9.17) is 0 Å². The number of hydrogen-bond acceptors (Lipinski definition) is 1. The summed E-state index contributed by atoms with van der Waals surface area (Å²) in [5, 5.41) is 0. The van der Waals surface area contributed by atoms with E-state index >= 15 is 0 Å². The fourth-order valence-electron chi connectivity index (χ4n) is 6.36. The summed E-state index contributed by atoms with van der Waals surface area (Å²) in [6.45, 7) is 18.3. The summed E-state index contributed by atoms with van der Waals surface area (Å²) in [7, 11) is 0. The number of rotatable bonds is 28. The van der Waals surface area contributed by atoms with Crippen LogP contribution in [0.5, 0.6) is 0 Å². The van der Waals surface area contributed by atoms with E-state index in [1.807, 2.05) is 0 Å². The average Bonchev–Trinajstić information content (AvgIpc) is 2.84. The second-order valence-electron chi connectivity index (χ2n) is 13.3. The molecule has 0 saturated heterocycles. The van der Waals surface area contributed by atoms with Gasteiger partial charge >= 0.3 is 0 Å². The fraction of sp³-hybridized carbons (Fsp3) is 1.00. The highest BCUT2D eigenvalue weighted by molar-refractivity contribution is 4.92. The second-order valence-corrected chi connectivity index (χ2v) is 13.3. The molecule has 0 fully saturated rings. The predicted molar refractivity (Wildman–Crippen MR) is 167 cm³/mol. The van der Waals surface area contributed by atoms with Gasteiger partial charge in [-0.1, -0.05) is 162 Å². The van der Waals surface area contributed by atoms with Crippen LogP contribution in [-0.4, -0.2) is 22.5 Å². The summed E-state index contributed by atoms with van der Waals surface area (Å²) >= 11 is 0. The van der Waals surface area contributed by atoms with Gasteiger partial charge in [0.05, 0.1) is 0 Å². The third-order valence-electron chi connectivity index (χ3n) is 8.69. The molecule has 0 unspecified atom stereocenters. The molecule has 0 aliphatic heterocycles. The first-order chi connectivity index (χ1) is 17.3. The summed E-state index contributed by atoms with van der Waals surface area (Å²) in [4.78, 5) is 2.88. The Morgan fingerprint density at radius 2 is 0.583 bits per heavy atom. The SMILES string of the molecule is CCCCCCCCCCCCCC(C)(C)N(CCC)C(C)(C)CCCCCCCCCCCCC. The Kier molecular flexibility index (Phi) is 24.0. The Morgan fingerprint density at radius 3 is 0.833 bits per heavy atom. The molecule has 0 spiro atoms. The molecule has 0 aromatic carbocycles. The Bertz CT molecular complexity index is 400. The predicted octanol–water partition coefficient (Wildman–Crippen LogP) is 12.7. The maximum atomic E-state index is 2.88. The number of hydrogen-bond donors (Lipinski definition) is 0. The maximum Gasteiger partial charge on any atom is 0.0158 e. The van der Waals surface area contributed by atoms with Gasteiger partial charge in [0.2, 0.25) is 0 Å². The van der Waals surface area contributed by atoms with Crippen LogP contribution in [0.15, 0.2) is 0 Å². The van der Waals surface area contributed by atoms with Gasteiger partial charge in [0, 0.05) is 11.1 Å². The van der Waals surface area contributed by atoms with Crippen LogP contribution in [0.2, 0.25) is 0 Å². The average molecular weight is 508 g/mol. The summed E-state index contributed by atoms with van der Waals surface area (Å²) < 4.78 is 0. The van der Waals surface area contributed by atoms with E-state index in [1.165, 1.54) is 167 Å². The van der Waals surface area contributed by atoms with Gasteiger partial charge in [-0.05, 0) is 53.5 Å². The first kappa shape index (κ1) is 36.0. The first-order valence-corrected chi connectivity index (χ1v) is 17.1. The standard InChI is InChI=1S/C35H73N/c1-8-11-13-15-17-19-21-23-25-27-29-31-34(4,5)36(33-10-3)35(6,7)32-30-28-26-24-22-20-18-16-14-12-9-2/h8-33H2,1-7H3. The van der Waals surface area contributed by atoms with Crippen LogP contribution >= 0.6 is 0 Å². The van der Waals surface area contributed by atoms with Crippen molar-refractivity contribution in [3.63, 3.8) is 0 Å². The summed E-state index contributed by atoms with van der Waals surface area (Å²) in [5.41, 5.74) is 0.632. The lowest BCUT2D eigenvalue weighted by atomic mass is 9.85. The van der Waals surface area contributed by atoms with Crippen molar-refractivity contribution in [3.8, 4) is 0 Å². The smallest absolute Gasteiger partial charge is 0.0158 e. The van der Waals surface area contributed by atoms with Crippen molar-refractivity contribution < 1.29 is 0 Å². The fourth-order valence-corrected chi connectivity index (χ4v) is 6.36. The molecular weight excluding hydrogens is 434 g/mol. The molecule has 0 aliphatic carbocycles. The minimum absolute atomic E-state index is 0.316. The van der Waals surface area contributed by atoms with Gasteiger partial charge in [-0.3, -0.25) is 4.90 Å². The van der Waals surface area contributed by atoms with Crippen LogP contribution in [0.25, 0.3) is 0 Å². The Labute approximate surface area is 231 Å². The number of nitrogens with zero attached hydrogens (tertiary/aromatic N) is 1. The molecule has 0 aromatic rings. The molecule has 0 aliphatic rings. The van der Waals surface area contributed by atoms with Crippen molar-refractivity contribution in [1.82, 2.24) is 4.90 Å². The maximum absolute atomic E-state index is 2.88. The first-order valence-electron chi connectivity index (χ1n) is 17.1. The number of unbranched alkanes of at least 4 members (excludes halogenated alkanes) is 20. The highest BCUT2D eigenvalue weighted by Crippen LogP contribution is 2.33. The summed E-state index contributed by atoms with van der Waals surface area (Å²) in [5.74, 6) is 0. The highest BCUT2D eigenvalue weighted by atomic mass is 15.2. The van der Waals surface area contributed by atoms with E-state index < -0.39 is 0 Å². The van der Waals surface area contributed by atoms with Gasteiger partial charge in [0.15, 0.2) is 0 Å². The molecule has 0 bridgehead atoms. The van der Waals surface area contributed by atoms with Gasteiger partial charge in [-0.25, -0.2) is 0 Å². The molecule has 0 aromatic heterocycles. The van der Waals surface area contributed by atoms with Crippen molar-refractivity contribution in [2.45, 2.75) is 220 Å². The van der Waals surface area contributed by atoms with Crippen LogP contribution in [0.1, 0.15) is 209 Å². The highest BCUT2D eigenvalue weighted by Gasteiger charge is 2.36. The van der Waals surface area contributed by atoms with Crippen LogP contribution in [0.3, 0.4) is 0 Å². The molecule has 0 radical (unpaired) electrons.